The second-order valence-electron chi connectivity index (χ2n) is 6.89. The van der Waals surface area contributed by atoms with Crippen molar-refractivity contribution >= 4 is 29.2 Å². The highest BCUT2D eigenvalue weighted by molar-refractivity contribution is 6.14. The van der Waals surface area contributed by atoms with E-state index in [9.17, 15) is 19.2 Å². The predicted octanol–water partition coefficient (Wildman–Crippen LogP) is 1.06. The van der Waals surface area contributed by atoms with Crippen molar-refractivity contribution in [3.8, 4) is 0 Å². The van der Waals surface area contributed by atoms with Crippen molar-refractivity contribution in [3.05, 3.63) is 21.6 Å². The van der Waals surface area contributed by atoms with Gasteiger partial charge in [0.15, 0.2) is 11.5 Å². The summed E-state index contributed by atoms with van der Waals surface area (Å²) in [5.74, 6) is -1.67. The lowest BCUT2D eigenvalue weighted by Gasteiger charge is -2.19. The van der Waals surface area contributed by atoms with Gasteiger partial charge in [0.05, 0.1) is 0 Å². The maximum Gasteiger partial charge on any atom is 0.295 e. The molecule has 0 radical (unpaired) electrons. The standard InChI is InChI=1S/C16H21N5O4/c1-8-13-18-17-12(16(5,6)7)15(25)21(13)20(11(4)24)14(8)19(9(2)22)10(3)23/h1-7H3. The number of fused-ring (bicyclic) bond motifs is 1. The number of carbonyl (C=O) groups excluding carboxylic acids is 3. The van der Waals surface area contributed by atoms with Crippen LogP contribution in [0, 0.1) is 6.92 Å². The molecule has 2 heterocycles. The van der Waals surface area contributed by atoms with E-state index in [1.54, 1.807) is 27.7 Å². The highest BCUT2D eigenvalue weighted by atomic mass is 16.2. The topological polar surface area (TPSA) is 107 Å². The Balaban J connectivity index is 3.07. The summed E-state index contributed by atoms with van der Waals surface area (Å²) in [6.45, 7) is 10.6. The van der Waals surface area contributed by atoms with E-state index in [2.05, 4.69) is 10.2 Å². The monoisotopic (exact) mass is 347 g/mol. The zero-order valence-corrected chi connectivity index (χ0v) is 15.4. The molecule has 0 fully saturated rings. The molecule has 2 aromatic rings. The number of rotatable bonds is 1. The van der Waals surface area contributed by atoms with Gasteiger partial charge in [-0.1, -0.05) is 20.8 Å². The molecule has 0 atom stereocenters. The highest BCUT2D eigenvalue weighted by Crippen LogP contribution is 2.26. The van der Waals surface area contributed by atoms with Gasteiger partial charge in [-0.25, -0.2) is 4.90 Å². The van der Waals surface area contributed by atoms with Crippen molar-refractivity contribution < 1.29 is 14.4 Å². The number of aromatic nitrogens is 4. The van der Waals surface area contributed by atoms with Crippen molar-refractivity contribution in [2.45, 2.75) is 53.9 Å². The SMILES string of the molecule is CC(=O)N(C(C)=O)c1c(C)c2nnc(C(C)(C)C)c(=O)n2n1C(C)=O. The molecule has 2 amide bonds. The zero-order valence-electron chi connectivity index (χ0n) is 15.4. The van der Waals surface area contributed by atoms with Crippen LogP contribution in [0.2, 0.25) is 0 Å². The third-order valence-electron chi connectivity index (χ3n) is 3.76. The van der Waals surface area contributed by atoms with Crippen LogP contribution in [-0.4, -0.2) is 37.1 Å². The molecule has 0 aliphatic rings. The summed E-state index contributed by atoms with van der Waals surface area (Å²) in [7, 11) is 0. The van der Waals surface area contributed by atoms with Crippen LogP contribution in [0.4, 0.5) is 5.82 Å². The van der Waals surface area contributed by atoms with Gasteiger partial charge >= 0.3 is 0 Å². The Morgan fingerprint density at radius 2 is 1.52 bits per heavy atom. The van der Waals surface area contributed by atoms with E-state index >= 15 is 0 Å². The van der Waals surface area contributed by atoms with E-state index in [0.717, 1.165) is 14.1 Å². The van der Waals surface area contributed by atoms with Gasteiger partial charge in [-0.05, 0) is 6.92 Å². The number of amides is 2. The number of carbonyl (C=O) groups is 3. The molecule has 9 heteroatoms. The third kappa shape index (κ3) is 2.86. The normalized spacial score (nSPS) is 11.6. The van der Waals surface area contributed by atoms with E-state index in [-0.39, 0.29) is 17.2 Å². The summed E-state index contributed by atoms with van der Waals surface area (Å²) in [6.07, 6.45) is 0. The molecule has 0 saturated carbocycles. The quantitative estimate of drug-likeness (QED) is 0.763. The molecule has 0 N–H and O–H groups in total. The van der Waals surface area contributed by atoms with Gasteiger partial charge in [0.2, 0.25) is 17.7 Å². The molecule has 2 aromatic heterocycles. The molecule has 0 spiro atoms. The first kappa shape index (κ1) is 18.5. The Morgan fingerprint density at radius 3 is 1.92 bits per heavy atom. The molecule has 0 aromatic carbocycles. The molecule has 9 nitrogen and oxygen atoms in total. The Hall–Kier alpha value is -2.84. The van der Waals surface area contributed by atoms with Gasteiger partial charge in [0.25, 0.3) is 5.56 Å². The summed E-state index contributed by atoms with van der Waals surface area (Å²) in [5.41, 5.74) is -0.476. The van der Waals surface area contributed by atoms with Crippen molar-refractivity contribution in [2.75, 3.05) is 4.90 Å². The summed E-state index contributed by atoms with van der Waals surface area (Å²) >= 11 is 0. The molecule has 25 heavy (non-hydrogen) atoms. The average molecular weight is 347 g/mol. The van der Waals surface area contributed by atoms with Gasteiger partial charge in [-0.2, -0.15) is 9.20 Å². The number of hydrogen-bond donors (Lipinski definition) is 0. The Kier molecular flexibility index (Phi) is 4.37. The maximum absolute atomic E-state index is 12.9. The van der Waals surface area contributed by atoms with Crippen molar-refractivity contribution in [3.63, 3.8) is 0 Å². The van der Waals surface area contributed by atoms with E-state index in [0.29, 0.717) is 5.56 Å². The lowest BCUT2D eigenvalue weighted by molar-refractivity contribution is -0.124. The predicted molar refractivity (Wildman–Crippen MR) is 90.8 cm³/mol. The minimum absolute atomic E-state index is 0.00459. The maximum atomic E-state index is 12.9. The van der Waals surface area contributed by atoms with Crippen LogP contribution in [0.25, 0.3) is 5.65 Å². The first-order chi connectivity index (χ1) is 11.4. The Morgan fingerprint density at radius 1 is 1.00 bits per heavy atom. The number of anilines is 1. The van der Waals surface area contributed by atoms with E-state index < -0.39 is 28.7 Å². The van der Waals surface area contributed by atoms with Crippen molar-refractivity contribution in [1.82, 2.24) is 19.4 Å². The van der Waals surface area contributed by atoms with Gasteiger partial charge in [0, 0.05) is 31.7 Å². The van der Waals surface area contributed by atoms with E-state index in [1.807, 2.05) is 0 Å². The average Bonchev–Trinajstić information content (AvgIpc) is 2.72. The van der Waals surface area contributed by atoms with Crippen LogP contribution in [0.1, 0.15) is 57.6 Å². The molecule has 0 bridgehead atoms. The molecule has 0 saturated heterocycles. The number of aryl methyl sites for hydroxylation is 1. The molecular formula is C16H21N5O4. The molecule has 0 aliphatic carbocycles. The first-order valence-electron chi connectivity index (χ1n) is 7.73. The zero-order chi connectivity index (χ0) is 19.3. The lowest BCUT2D eigenvalue weighted by Crippen LogP contribution is -2.38. The summed E-state index contributed by atoms with van der Waals surface area (Å²) in [4.78, 5) is 50.0. The Labute approximate surface area is 144 Å². The number of hydrogen-bond acceptors (Lipinski definition) is 6. The smallest absolute Gasteiger partial charge is 0.274 e. The third-order valence-corrected chi connectivity index (χ3v) is 3.76. The summed E-state index contributed by atoms with van der Waals surface area (Å²) in [5, 5.41) is 8.07. The summed E-state index contributed by atoms with van der Waals surface area (Å²) in [6, 6.07) is 0. The van der Waals surface area contributed by atoms with E-state index in [1.165, 1.54) is 20.8 Å². The van der Waals surface area contributed by atoms with Crippen LogP contribution < -0.4 is 10.5 Å². The number of nitrogens with zero attached hydrogens (tertiary/aromatic N) is 5. The lowest BCUT2D eigenvalue weighted by atomic mass is 9.93. The van der Waals surface area contributed by atoms with Gasteiger partial charge in [-0.15, -0.1) is 10.2 Å². The number of imide groups is 1. The van der Waals surface area contributed by atoms with Crippen molar-refractivity contribution in [2.24, 2.45) is 0 Å². The van der Waals surface area contributed by atoms with Gasteiger partial charge in [0.1, 0.15) is 5.69 Å². The van der Waals surface area contributed by atoms with Crippen molar-refractivity contribution in [1.29, 1.82) is 0 Å². The minimum atomic E-state index is -0.591. The molecule has 0 unspecified atom stereocenters. The van der Waals surface area contributed by atoms with E-state index in [4.69, 9.17) is 0 Å². The van der Waals surface area contributed by atoms with Gasteiger partial charge < -0.3 is 0 Å². The molecule has 134 valence electrons. The van der Waals surface area contributed by atoms with Crippen LogP contribution in [-0.2, 0) is 15.0 Å². The first-order valence-corrected chi connectivity index (χ1v) is 7.73. The fourth-order valence-electron chi connectivity index (χ4n) is 2.70. The van der Waals surface area contributed by atoms with Crippen LogP contribution >= 0.6 is 0 Å². The molecular weight excluding hydrogens is 326 g/mol. The highest BCUT2D eigenvalue weighted by Gasteiger charge is 2.31. The second kappa shape index (κ2) is 5.91. The van der Waals surface area contributed by atoms with Crippen LogP contribution in [0.15, 0.2) is 4.79 Å². The molecule has 2 rings (SSSR count). The van der Waals surface area contributed by atoms with Gasteiger partial charge in [-0.3, -0.25) is 19.2 Å². The fraction of sp³-hybridized carbons (Fsp3) is 0.500. The second-order valence-corrected chi connectivity index (χ2v) is 6.89. The molecule has 0 aliphatic heterocycles. The summed E-state index contributed by atoms with van der Waals surface area (Å²) < 4.78 is 2.07. The Bertz CT molecular complexity index is 948. The largest absolute Gasteiger partial charge is 0.295 e. The fourth-order valence-corrected chi connectivity index (χ4v) is 2.70. The van der Waals surface area contributed by atoms with Crippen LogP contribution in [0.3, 0.4) is 0 Å². The minimum Gasteiger partial charge on any atom is -0.274 e. The van der Waals surface area contributed by atoms with Crippen LogP contribution in [0.5, 0.6) is 0 Å².